The third kappa shape index (κ3) is 14.9. The molecule has 18 aromatic carbocycles. The average Bonchev–Trinajstić information content (AvgIpc) is 1.57. The van der Waals surface area contributed by atoms with E-state index in [9.17, 15) is 0 Å². The largest absolute Gasteiger partial charge is 0.278 e. The first kappa shape index (κ1) is 84.9. The molecule has 0 saturated carbocycles. The van der Waals surface area contributed by atoms with Crippen LogP contribution in [0.15, 0.2) is 492 Å². The highest BCUT2D eigenvalue weighted by atomic mass is 15.2. The monoisotopic (exact) mass is 1880 g/mol. The normalized spacial score (nSPS) is 11.7. The molecule has 0 aliphatic carbocycles. The zero-order valence-electron chi connectivity index (χ0n) is 79.0. The van der Waals surface area contributed by atoms with Crippen molar-refractivity contribution in [2.75, 3.05) is 0 Å². The number of nitrogens with zero attached hydrogens (tertiary/aromatic N) is 15. The van der Waals surface area contributed by atoms with E-state index in [-0.39, 0.29) is 0 Å². The molecule has 15 heteroatoms. The summed E-state index contributed by atoms with van der Waals surface area (Å²) in [5, 5.41) is 20.4. The van der Waals surface area contributed by atoms with Crippen LogP contribution in [0.25, 0.3) is 282 Å². The molecule has 0 atom stereocenters. The molecule has 0 aliphatic rings. The van der Waals surface area contributed by atoms with Gasteiger partial charge in [-0.05, 0) is 193 Å². The second-order valence-corrected chi connectivity index (χ2v) is 37.0. The Morgan fingerprint density at radius 1 is 0.156 bits per heavy atom. The van der Waals surface area contributed by atoms with Crippen LogP contribution in [0.1, 0.15) is 0 Å². The number of hydrogen-bond acceptors (Lipinski definition) is 12. The number of hydrogen-bond donors (Lipinski definition) is 0. The lowest BCUT2D eigenvalue weighted by Gasteiger charge is -2.12. The Morgan fingerprint density at radius 2 is 0.483 bits per heavy atom. The first-order chi connectivity index (χ1) is 72.9. The molecule has 147 heavy (non-hydrogen) atoms. The van der Waals surface area contributed by atoms with Gasteiger partial charge in [-0.1, -0.05) is 328 Å². The number of para-hydroxylation sites is 5. The quantitative estimate of drug-likeness (QED) is 0.114. The summed E-state index contributed by atoms with van der Waals surface area (Å²) in [5.41, 5.74) is 29.9. The minimum absolute atomic E-state index is 0.610. The smallest absolute Gasteiger partial charge is 0.235 e. The van der Waals surface area contributed by atoms with Gasteiger partial charge in [0.2, 0.25) is 17.8 Å². The Labute approximate surface area is 841 Å². The predicted octanol–water partition coefficient (Wildman–Crippen LogP) is 32.5. The van der Waals surface area contributed by atoms with E-state index in [1.807, 2.05) is 91.8 Å². The molecule has 12 aromatic heterocycles. The van der Waals surface area contributed by atoms with Gasteiger partial charge in [-0.2, -0.15) is 0 Å². The number of pyridine rings is 6. The minimum atomic E-state index is 0.610. The fraction of sp³-hybridized carbons (Fsp3) is 0. The van der Waals surface area contributed by atoms with Crippen molar-refractivity contribution in [3.63, 3.8) is 0 Å². The van der Waals surface area contributed by atoms with Gasteiger partial charge in [0.05, 0.1) is 94.7 Å². The van der Waals surface area contributed by atoms with Crippen LogP contribution in [0.3, 0.4) is 0 Å². The summed E-state index contributed by atoms with van der Waals surface area (Å²) < 4.78 is 6.67. The van der Waals surface area contributed by atoms with Crippen LogP contribution in [0, 0.1) is 0 Å². The first-order valence-electron chi connectivity index (χ1n) is 49.2. The zero-order chi connectivity index (χ0) is 96.9. The summed E-state index contributed by atoms with van der Waals surface area (Å²) in [7, 11) is 0. The van der Waals surface area contributed by atoms with E-state index in [1.165, 1.54) is 92.6 Å². The van der Waals surface area contributed by atoms with Crippen molar-refractivity contribution in [3.05, 3.63) is 492 Å². The summed E-state index contributed by atoms with van der Waals surface area (Å²) >= 11 is 0. The fourth-order valence-corrected chi connectivity index (χ4v) is 21.6. The molecule has 0 spiro atoms. The molecule has 0 amide bonds. The van der Waals surface area contributed by atoms with Crippen molar-refractivity contribution in [1.29, 1.82) is 0 Å². The Morgan fingerprint density at radius 3 is 0.918 bits per heavy atom. The topological polar surface area (TPSA) is 169 Å². The highest BCUT2D eigenvalue weighted by Gasteiger charge is 2.27. The Hall–Kier alpha value is -20.2. The van der Waals surface area contributed by atoms with Gasteiger partial charge in [0, 0.05) is 135 Å². The molecule has 30 rings (SSSR count). The standard InChI is InChI=1S/3C44H27N5/c1-2-11-28(12-3-1)33-18-9-21-39-41(33)36-25-30-13-4-5-14-31(30)26-40(36)49(39)44-47-38-20-7-6-17-35(38)43(48-44)32-22-23-37(46-27-32)34-19-8-15-29-16-10-24-45-42(29)34;1-2-11-28(12-3-1)33-18-9-21-39-41(33)36-25-30-13-4-5-14-31(30)26-40(36)49(39)44-47-37-20-7-6-17-35(37)43(48-44)38-23-22-32(27-46-38)34-19-8-15-29-16-10-24-45-42(29)34;1-2-10-28(11-3-1)34-16-8-18-40-42(34)36-24-30-12-4-5-13-31(30)26-41(36)49(40)44-47-38-17-7-6-15-35(38)43(48-44)33-21-22-37(46-27-33)32-20-19-29-14-9-23-45-39(29)25-32/h3*1-27H. The molecule has 684 valence electrons. The lowest BCUT2D eigenvalue weighted by molar-refractivity contribution is 1.01. The summed E-state index contributed by atoms with van der Waals surface area (Å²) in [5.74, 6) is 1.86. The highest BCUT2D eigenvalue weighted by Crippen LogP contribution is 2.47. The maximum atomic E-state index is 5.35. The van der Waals surface area contributed by atoms with Crippen LogP contribution in [-0.2, 0) is 0 Å². The molecule has 12 heterocycles. The van der Waals surface area contributed by atoms with E-state index in [1.54, 1.807) is 0 Å². The molecular formula is C132H81N15. The molecule has 0 aliphatic heterocycles. The van der Waals surface area contributed by atoms with Crippen LogP contribution in [-0.4, -0.2) is 73.5 Å². The summed E-state index contributed by atoms with van der Waals surface area (Å²) in [6, 6.07) is 159. The van der Waals surface area contributed by atoms with E-state index in [4.69, 9.17) is 44.9 Å². The zero-order valence-corrected chi connectivity index (χ0v) is 79.0. The maximum Gasteiger partial charge on any atom is 0.235 e. The van der Waals surface area contributed by atoms with Crippen LogP contribution in [0.5, 0.6) is 0 Å². The second kappa shape index (κ2) is 35.6. The van der Waals surface area contributed by atoms with Crippen molar-refractivity contribution < 1.29 is 0 Å². The lowest BCUT2D eigenvalue weighted by atomic mass is 9.98. The molecule has 0 saturated heterocycles. The molecular weight excluding hydrogens is 1800 g/mol. The summed E-state index contributed by atoms with van der Waals surface area (Å²) in [6.07, 6.45) is 11.3. The van der Waals surface area contributed by atoms with Crippen molar-refractivity contribution in [2.45, 2.75) is 0 Å². The van der Waals surface area contributed by atoms with Crippen LogP contribution in [0.2, 0.25) is 0 Å². The van der Waals surface area contributed by atoms with Gasteiger partial charge in [-0.25, -0.2) is 29.9 Å². The summed E-state index contributed by atoms with van der Waals surface area (Å²) in [6.45, 7) is 0. The average molecular weight is 1880 g/mol. The van der Waals surface area contributed by atoms with Gasteiger partial charge < -0.3 is 0 Å². The van der Waals surface area contributed by atoms with E-state index < -0.39 is 0 Å². The molecule has 0 bridgehead atoms. The van der Waals surface area contributed by atoms with Gasteiger partial charge in [0.25, 0.3) is 0 Å². The third-order valence-corrected chi connectivity index (χ3v) is 28.4. The summed E-state index contributed by atoms with van der Waals surface area (Å²) in [4.78, 5) is 60.3. The van der Waals surface area contributed by atoms with Gasteiger partial charge in [0.15, 0.2) is 0 Å². The molecule has 15 nitrogen and oxygen atoms in total. The van der Waals surface area contributed by atoms with Crippen molar-refractivity contribution in [2.24, 2.45) is 0 Å². The predicted molar refractivity (Wildman–Crippen MR) is 602 cm³/mol. The molecule has 0 unspecified atom stereocenters. The lowest BCUT2D eigenvalue weighted by Crippen LogP contribution is -2.04. The number of fused-ring (bicyclic) bond motifs is 18. The van der Waals surface area contributed by atoms with Crippen molar-refractivity contribution in [1.82, 2.24) is 73.5 Å². The fourth-order valence-electron chi connectivity index (χ4n) is 21.6. The number of rotatable bonds is 12. The highest BCUT2D eigenvalue weighted by molar-refractivity contribution is 6.22. The molecule has 0 radical (unpaired) electrons. The number of aromatic nitrogens is 15. The molecule has 0 N–H and O–H groups in total. The van der Waals surface area contributed by atoms with E-state index in [2.05, 4.69) is 429 Å². The minimum Gasteiger partial charge on any atom is -0.278 e. The number of benzene rings is 18. The van der Waals surface area contributed by atoms with Gasteiger partial charge in [0.1, 0.15) is 5.69 Å². The SMILES string of the molecule is c1ccc(-c2cccc3c2c2cc4ccccc4cc2n3-c2nc(-c3ccc(-c4ccc5cccnc5c4)nc3)c3ccccc3n2)cc1.c1ccc(-c2cccc3c2c2cc4ccccc4cc2n3-c2nc(-c3ccc(-c4cccc5cccnc45)cn3)c3ccccc3n2)cc1.c1ccc(-c2cccc3c2c2cc4ccccc4cc2n3-c2nc(-c3ccc(-c4cccc5cccnc45)nc3)c3ccccc3n2)cc1. The Balaban J connectivity index is 0.000000107. The van der Waals surface area contributed by atoms with Gasteiger partial charge in [-0.15, -0.1) is 0 Å². The Bertz CT molecular complexity index is 10100. The van der Waals surface area contributed by atoms with Crippen molar-refractivity contribution >= 4 is 163 Å². The van der Waals surface area contributed by atoms with Crippen LogP contribution < -0.4 is 0 Å². The van der Waals surface area contributed by atoms with Crippen LogP contribution >= 0.6 is 0 Å². The first-order valence-corrected chi connectivity index (χ1v) is 49.2. The van der Waals surface area contributed by atoms with Crippen molar-refractivity contribution in [3.8, 4) is 119 Å². The third-order valence-electron chi connectivity index (χ3n) is 28.4. The molecule has 0 fully saturated rings. The van der Waals surface area contributed by atoms with Gasteiger partial charge in [-0.3, -0.25) is 43.6 Å². The Kier molecular flexibility index (Phi) is 20.5. The van der Waals surface area contributed by atoms with Crippen LogP contribution in [0.4, 0.5) is 0 Å². The van der Waals surface area contributed by atoms with E-state index in [0.717, 1.165) is 171 Å². The molecule has 30 aromatic rings. The second-order valence-electron chi connectivity index (χ2n) is 37.0. The van der Waals surface area contributed by atoms with E-state index in [0.29, 0.717) is 17.8 Å². The maximum absolute atomic E-state index is 5.35. The van der Waals surface area contributed by atoms with E-state index >= 15 is 0 Å². The van der Waals surface area contributed by atoms with Gasteiger partial charge >= 0.3 is 0 Å².